The summed E-state index contributed by atoms with van der Waals surface area (Å²) >= 11 is 0. The zero-order valence-corrected chi connectivity index (χ0v) is 20.2. The highest BCUT2D eigenvalue weighted by Crippen LogP contribution is 2.62. The standard InChI is InChI=1S/C28H37NO5/c1-27-13-12-24-28(2,18-33-26(34-24)15-19-7-4-3-5-8-19)23(27)11-10-22(30)21(27)16-25(31)29-17-20-9-6-14-32-20/h3-9,14,21-24,26,30H,10-13,15-18H2,1-2H3,(H,29,31)/t21-,22-,23+,24+,26-,27+,28+/m1/s1. The maximum Gasteiger partial charge on any atom is 0.220 e. The van der Waals surface area contributed by atoms with Crippen molar-refractivity contribution in [2.75, 3.05) is 6.61 Å². The van der Waals surface area contributed by atoms with Crippen LogP contribution in [-0.2, 0) is 27.2 Å². The number of aliphatic hydroxyl groups excluding tert-OH is 1. The van der Waals surface area contributed by atoms with Crippen molar-refractivity contribution < 1.29 is 23.8 Å². The van der Waals surface area contributed by atoms with E-state index in [0.29, 0.717) is 31.9 Å². The molecule has 2 saturated carbocycles. The van der Waals surface area contributed by atoms with E-state index in [9.17, 15) is 9.90 Å². The number of aliphatic hydroxyl groups is 1. The minimum Gasteiger partial charge on any atom is -0.467 e. The number of carbonyl (C=O) groups is 1. The zero-order valence-electron chi connectivity index (χ0n) is 20.2. The van der Waals surface area contributed by atoms with Crippen LogP contribution in [0.1, 0.15) is 57.3 Å². The van der Waals surface area contributed by atoms with E-state index in [4.69, 9.17) is 13.9 Å². The van der Waals surface area contributed by atoms with Crippen LogP contribution in [0.15, 0.2) is 53.1 Å². The molecule has 7 atom stereocenters. The fourth-order valence-electron chi connectivity index (χ4n) is 7.07. The number of hydrogen-bond acceptors (Lipinski definition) is 5. The van der Waals surface area contributed by atoms with Crippen molar-refractivity contribution in [1.82, 2.24) is 5.32 Å². The van der Waals surface area contributed by atoms with Crippen LogP contribution in [0, 0.1) is 22.7 Å². The number of carbonyl (C=O) groups excluding carboxylic acids is 1. The van der Waals surface area contributed by atoms with Gasteiger partial charge in [0.05, 0.1) is 31.6 Å². The van der Waals surface area contributed by atoms with Crippen LogP contribution in [-0.4, -0.2) is 36.1 Å². The third-order valence-electron chi connectivity index (χ3n) is 8.92. The number of fused-ring (bicyclic) bond motifs is 3. The van der Waals surface area contributed by atoms with E-state index in [1.807, 2.05) is 30.3 Å². The molecule has 6 heteroatoms. The zero-order chi connectivity index (χ0) is 23.8. The highest BCUT2D eigenvalue weighted by molar-refractivity contribution is 5.76. The van der Waals surface area contributed by atoms with Gasteiger partial charge in [-0.25, -0.2) is 0 Å². The molecule has 1 amide bonds. The number of hydrogen-bond donors (Lipinski definition) is 2. The smallest absolute Gasteiger partial charge is 0.220 e. The Morgan fingerprint density at radius 2 is 1.91 bits per heavy atom. The molecule has 3 aliphatic rings. The Morgan fingerprint density at radius 3 is 2.68 bits per heavy atom. The maximum absolute atomic E-state index is 12.8. The van der Waals surface area contributed by atoms with Gasteiger partial charge in [0.1, 0.15) is 5.76 Å². The van der Waals surface area contributed by atoms with E-state index in [1.165, 1.54) is 5.56 Å². The number of rotatable bonds is 6. The lowest BCUT2D eigenvalue weighted by atomic mass is 9.46. The third kappa shape index (κ3) is 4.43. The first-order chi connectivity index (χ1) is 16.4. The van der Waals surface area contributed by atoms with E-state index in [1.54, 1.807) is 6.26 Å². The van der Waals surface area contributed by atoms with Gasteiger partial charge in [0.15, 0.2) is 6.29 Å². The molecule has 1 saturated heterocycles. The fraction of sp³-hybridized carbons (Fsp3) is 0.607. The molecule has 1 aromatic carbocycles. The Hall–Kier alpha value is -2.15. The lowest BCUT2D eigenvalue weighted by Gasteiger charge is -2.63. The first-order valence-corrected chi connectivity index (χ1v) is 12.7. The van der Waals surface area contributed by atoms with Gasteiger partial charge in [-0.05, 0) is 60.6 Å². The van der Waals surface area contributed by atoms with Crippen LogP contribution in [0.2, 0.25) is 0 Å². The van der Waals surface area contributed by atoms with E-state index >= 15 is 0 Å². The highest BCUT2D eigenvalue weighted by atomic mass is 16.7. The van der Waals surface area contributed by atoms with Gasteiger partial charge in [0.25, 0.3) is 0 Å². The number of ether oxygens (including phenoxy) is 2. The first kappa shape index (κ1) is 23.6. The molecule has 2 aromatic rings. The van der Waals surface area contributed by atoms with E-state index in [0.717, 1.165) is 31.4 Å². The van der Waals surface area contributed by atoms with Gasteiger partial charge in [-0.3, -0.25) is 4.79 Å². The molecule has 2 aliphatic carbocycles. The molecule has 0 spiro atoms. The topological polar surface area (TPSA) is 80.9 Å². The van der Waals surface area contributed by atoms with Gasteiger partial charge in [0, 0.05) is 18.3 Å². The Balaban J connectivity index is 1.27. The number of benzene rings is 1. The maximum atomic E-state index is 12.8. The second kappa shape index (κ2) is 9.48. The normalized spacial score (nSPS) is 37.4. The largest absolute Gasteiger partial charge is 0.467 e. The van der Waals surface area contributed by atoms with Gasteiger partial charge in [-0.1, -0.05) is 44.2 Å². The molecule has 1 aromatic heterocycles. The van der Waals surface area contributed by atoms with Crippen LogP contribution in [0.4, 0.5) is 0 Å². The Bertz CT molecular complexity index is 962. The van der Waals surface area contributed by atoms with Crippen molar-refractivity contribution in [3.8, 4) is 0 Å². The van der Waals surface area contributed by atoms with Gasteiger partial charge in [0.2, 0.25) is 5.91 Å². The van der Waals surface area contributed by atoms with Crippen LogP contribution < -0.4 is 5.32 Å². The van der Waals surface area contributed by atoms with Crippen LogP contribution in [0.25, 0.3) is 0 Å². The van der Waals surface area contributed by atoms with E-state index in [2.05, 4.69) is 31.3 Å². The molecule has 1 aliphatic heterocycles. The van der Waals surface area contributed by atoms with Crippen LogP contribution in [0.3, 0.4) is 0 Å². The van der Waals surface area contributed by atoms with Crippen molar-refractivity contribution in [3.63, 3.8) is 0 Å². The number of furan rings is 1. The van der Waals surface area contributed by atoms with Crippen molar-refractivity contribution in [2.24, 2.45) is 22.7 Å². The lowest BCUT2D eigenvalue weighted by molar-refractivity contribution is -0.308. The molecule has 2 heterocycles. The van der Waals surface area contributed by atoms with Crippen molar-refractivity contribution in [2.45, 2.75) is 77.4 Å². The van der Waals surface area contributed by atoms with Gasteiger partial charge < -0.3 is 24.3 Å². The fourth-order valence-corrected chi connectivity index (χ4v) is 7.07. The second-order valence-corrected chi connectivity index (χ2v) is 11.0. The average molecular weight is 468 g/mol. The molecular formula is C28H37NO5. The lowest BCUT2D eigenvalue weighted by Crippen LogP contribution is -2.63. The SMILES string of the molecule is C[C@@]12CO[C@@H](Cc3ccccc3)O[C@H]1CC[C@]1(C)[C@@H]2CC[C@@H](O)[C@H]1CC(=O)NCc1ccco1. The van der Waals surface area contributed by atoms with Crippen LogP contribution >= 0.6 is 0 Å². The van der Waals surface area contributed by atoms with Gasteiger partial charge in [-0.2, -0.15) is 0 Å². The third-order valence-corrected chi connectivity index (χ3v) is 8.92. The molecule has 6 nitrogen and oxygen atoms in total. The summed E-state index contributed by atoms with van der Waals surface area (Å²) in [7, 11) is 0. The molecule has 2 N–H and O–H groups in total. The number of nitrogens with one attached hydrogen (secondary N) is 1. The average Bonchev–Trinajstić information content (AvgIpc) is 3.35. The van der Waals surface area contributed by atoms with E-state index in [-0.39, 0.29) is 35.0 Å². The van der Waals surface area contributed by atoms with Crippen molar-refractivity contribution in [1.29, 1.82) is 0 Å². The summed E-state index contributed by atoms with van der Waals surface area (Å²) in [5, 5.41) is 14.0. The van der Waals surface area contributed by atoms with Crippen LogP contribution in [0.5, 0.6) is 0 Å². The molecule has 34 heavy (non-hydrogen) atoms. The molecule has 0 radical (unpaired) electrons. The summed E-state index contributed by atoms with van der Waals surface area (Å²) < 4.78 is 18.2. The Kier molecular flexibility index (Phi) is 6.58. The predicted octanol–water partition coefficient (Wildman–Crippen LogP) is 4.46. The molecule has 0 bridgehead atoms. The first-order valence-electron chi connectivity index (χ1n) is 12.7. The monoisotopic (exact) mass is 467 g/mol. The summed E-state index contributed by atoms with van der Waals surface area (Å²) in [6.45, 7) is 5.61. The summed E-state index contributed by atoms with van der Waals surface area (Å²) in [5.41, 5.74) is 0.964. The van der Waals surface area contributed by atoms with Crippen molar-refractivity contribution >= 4 is 5.91 Å². The minimum atomic E-state index is -0.466. The summed E-state index contributed by atoms with van der Waals surface area (Å²) in [5.74, 6) is 0.954. The summed E-state index contributed by atoms with van der Waals surface area (Å²) in [4.78, 5) is 12.8. The summed E-state index contributed by atoms with van der Waals surface area (Å²) in [6.07, 6.45) is 5.66. The van der Waals surface area contributed by atoms with Crippen molar-refractivity contribution in [3.05, 3.63) is 60.1 Å². The van der Waals surface area contributed by atoms with E-state index < -0.39 is 6.10 Å². The van der Waals surface area contributed by atoms with Gasteiger partial charge in [-0.15, -0.1) is 0 Å². The highest BCUT2D eigenvalue weighted by Gasteiger charge is 2.61. The Labute approximate surface area is 202 Å². The predicted molar refractivity (Wildman–Crippen MR) is 128 cm³/mol. The molecule has 3 fully saturated rings. The molecular weight excluding hydrogens is 430 g/mol. The summed E-state index contributed by atoms with van der Waals surface area (Å²) in [6, 6.07) is 14.0. The minimum absolute atomic E-state index is 0.0336. The van der Waals surface area contributed by atoms with Gasteiger partial charge >= 0.3 is 0 Å². The quantitative estimate of drug-likeness (QED) is 0.656. The second-order valence-electron chi connectivity index (χ2n) is 11.0. The molecule has 184 valence electrons. The number of amides is 1. The Morgan fingerprint density at radius 1 is 1.09 bits per heavy atom. The molecule has 0 unspecified atom stereocenters. The molecule has 5 rings (SSSR count).